The lowest BCUT2D eigenvalue weighted by atomic mass is 9.79. The van der Waals surface area contributed by atoms with E-state index in [-0.39, 0.29) is 19.0 Å². The summed E-state index contributed by atoms with van der Waals surface area (Å²) in [4.78, 5) is 0. The summed E-state index contributed by atoms with van der Waals surface area (Å²) in [7, 11) is 1.65. The van der Waals surface area contributed by atoms with Crippen LogP contribution in [0.3, 0.4) is 0 Å². The minimum Gasteiger partial charge on any atom is -0.394 e. The van der Waals surface area contributed by atoms with Crippen LogP contribution < -0.4 is 0 Å². The molecule has 0 amide bonds. The second-order valence-electron chi connectivity index (χ2n) is 4.04. The minimum atomic E-state index is -0.164. The fourth-order valence-electron chi connectivity index (χ4n) is 1.96. The van der Waals surface area contributed by atoms with Gasteiger partial charge >= 0.3 is 0 Å². The van der Waals surface area contributed by atoms with Gasteiger partial charge in [-0.15, -0.1) is 0 Å². The Hall–Kier alpha value is -0.120. The van der Waals surface area contributed by atoms with Gasteiger partial charge in [0.25, 0.3) is 0 Å². The Morgan fingerprint density at radius 3 is 2.23 bits per heavy atom. The van der Waals surface area contributed by atoms with Crippen LogP contribution in [0.4, 0.5) is 0 Å². The highest BCUT2D eigenvalue weighted by Crippen LogP contribution is 2.34. The fourth-order valence-corrected chi connectivity index (χ4v) is 1.96. The van der Waals surface area contributed by atoms with Crippen LogP contribution in [0.5, 0.6) is 0 Å². The maximum atomic E-state index is 9.10. The van der Waals surface area contributed by atoms with E-state index in [2.05, 4.69) is 20.8 Å². The summed E-state index contributed by atoms with van der Waals surface area (Å²) in [5.74, 6) is 1.31. The molecule has 0 spiro atoms. The highest BCUT2D eigenvalue weighted by atomic mass is 16.7. The van der Waals surface area contributed by atoms with E-state index >= 15 is 0 Å². The Balaban J connectivity index is 2.66. The molecule has 13 heavy (non-hydrogen) atoms. The van der Waals surface area contributed by atoms with E-state index in [1.807, 2.05) is 0 Å². The molecule has 1 saturated heterocycles. The van der Waals surface area contributed by atoms with Gasteiger partial charge in [0.15, 0.2) is 6.29 Å². The predicted octanol–water partition coefficient (Wildman–Crippen LogP) is 1.26. The summed E-state index contributed by atoms with van der Waals surface area (Å²) in [6.45, 7) is 6.52. The average molecular weight is 188 g/mol. The lowest BCUT2D eigenvalue weighted by Crippen LogP contribution is -2.46. The average Bonchev–Trinajstić information content (AvgIpc) is 2.15. The molecule has 1 heterocycles. The van der Waals surface area contributed by atoms with Crippen LogP contribution in [0.1, 0.15) is 20.8 Å². The van der Waals surface area contributed by atoms with E-state index in [0.717, 1.165) is 0 Å². The van der Waals surface area contributed by atoms with Crippen LogP contribution >= 0.6 is 0 Å². The molecule has 0 aromatic rings. The lowest BCUT2D eigenvalue weighted by molar-refractivity contribution is -0.244. The molecule has 3 nitrogen and oxygen atoms in total. The zero-order chi connectivity index (χ0) is 10.0. The maximum Gasteiger partial charge on any atom is 0.160 e. The fraction of sp³-hybridized carbons (Fsp3) is 1.00. The van der Waals surface area contributed by atoms with Gasteiger partial charge in [0, 0.05) is 13.0 Å². The predicted molar refractivity (Wildman–Crippen MR) is 50.2 cm³/mol. The van der Waals surface area contributed by atoms with Crippen molar-refractivity contribution in [3.8, 4) is 0 Å². The van der Waals surface area contributed by atoms with Crippen molar-refractivity contribution >= 4 is 0 Å². The van der Waals surface area contributed by atoms with E-state index in [4.69, 9.17) is 14.6 Å². The zero-order valence-corrected chi connectivity index (χ0v) is 8.86. The Morgan fingerprint density at radius 1 is 1.15 bits per heavy atom. The van der Waals surface area contributed by atoms with Crippen molar-refractivity contribution in [3.05, 3.63) is 0 Å². The molecule has 0 aromatic carbocycles. The first kappa shape index (κ1) is 11.0. The lowest BCUT2D eigenvalue weighted by Gasteiger charge is -2.42. The highest BCUT2D eigenvalue weighted by molar-refractivity contribution is 4.82. The number of hydrogen-bond donors (Lipinski definition) is 1. The molecule has 0 bridgehead atoms. The highest BCUT2D eigenvalue weighted by Gasteiger charge is 2.38. The van der Waals surface area contributed by atoms with Gasteiger partial charge in [-0.25, -0.2) is 0 Å². The maximum absolute atomic E-state index is 9.10. The van der Waals surface area contributed by atoms with E-state index in [1.54, 1.807) is 7.11 Å². The van der Waals surface area contributed by atoms with Gasteiger partial charge in [-0.2, -0.15) is 0 Å². The van der Waals surface area contributed by atoms with Crippen molar-refractivity contribution in [3.63, 3.8) is 0 Å². The van der Waals surface area contributed by atoms with Crippen LogP contribution in [0.15, 0.2) is 0 Å². The van der Waals surface area contributed by atoms with Crippen molar-refractivity contribution in [1.82, 2.24) is 0 Å². The summed E-state index contributed by atoms with van der Waals surface area (Å²) < 4.78 is 10.8. The molecule has 1 aliphatic rings. The second-order valence-corrected chi connectivity index (χ2v) is 4.04. The van der Waals surface area contributed by atoms with Gasteiger partial charge in [-0.3, -0.25) is 0 Å². The van der Waals surface area contributed by atoms with Gasteiger partial charge in [0.2, 0.25) is 0 Å². The molecule has 0 radical (unpaired) electrons. The van der Waals surface area contributed by atoms with Crippen molar-refractivity contribution in [2.75, 3.05) is 13.7 Å². The molecule has 0 aromatic heterocycles. The number of methoxy groups -OCH3 is 1. The van der Waals surface area contributed by atoms with Crippen LogP contribution in [0.2, 0.25) is 0 Å². The van der Waals surface area contributed by atoms with Gasteiger partial charge in [0.1, 0.15) is 0 Å². The first-order valence-electron chi connectivity index (χ1n) is 4.91. The standard InChI is InChI=1S/C10H20O3/c1-6-7(2)9(5-11)13-10(12-4)8(6)3/h6-11H,5H2,1-4H3/t6-,7-,8?,9?,10+/m0/s1. The molecule has 3 heteroatoms. The summed E-state index contributed by atoms with van der Waals surface area (Å²) >= 11 is 0. The third kappa shape index (κ3) is 2.03. The molecule has 0 saturated carbocycles. The van der Waals surface area contributed by atoms with Gasteiger partial charge in [-0.05, 0) is 11.8 Å². The molecule has 0 aliphatic carbocycles. The van der Waals surface area contributed by atoms with E-state index < -0.39 is 0 Å². The van der Waals surface area contributed by atoms with Crippen LogP contribution in [0, 0.1) is 17.8 Å². The first-order valence-corrected chi connectivity index (χ1v) is 4.91. The third-order valence-electron chi connectivity index (χ3n) is 3.40. The van der Waals surface area contributed by atoms with Crippen LogP contribution in [0.25, 0.3) is 0 Å². The Kier molecular flexibility index (Phi) is 3.71. The minimum absolute atomic E-state index is 0.0730. The topological polar surface area (TPSA) is 38.7 Å². The van der Waals surface area contributed by atoms with Gasteiger partial charge in [-0.1, -0.05) is 20.8 Å². The largest absolute Gasteiger partial charge is 0.394 e. The molecular weight excluding hydrogens is 168 g/mol. The molecule has 1 fully saturated rings. The summed E-state index contributed by atoms with van der Waals surface area (Å²) in [6, 6.07) is 0. The molecule has 2 unspecified atom stereocenters. The number of ether oxygens (including phenoxy) is 2. The zero-order valence-electron chi connectivity index (χ0n) is 8.86. The Labute approximate surface area is 80.0 Å². The Bertz CT molecular complexity index is 140. The Morgan fingerprint density at radius 2 is 1.77 bits per heavy atom. The smallest absolute Gasteiger partial charge is 0.160 e. The number of rotatable bonds is 2. The summed E-state index contributed by atoms with van der Waals surface area (Å²) in [6.07, 6.45) is -0.237. The van der Waals surface area contributed by atoms with Crippen molar-refractivity contribution in [1.29, 1.82) is 0 Å². The molecular formula is C10H20O3. The second kappa shape index (κ2) is 4.40. The third-order valence-corrected chi connectivity index (χ3v) is 3.40. The van der Waals surface area contributed by atoms with Gasteiger partial charge in [0.05, 0.1) is 12.7 Å². The number of hydrogen-bond acceptors (Lipinski definition) is 3. The van der Waals surface area contributed by atoms with Crippen LogP contribution in [-0.2, 0) is 9.47 Å². The molecule has 78 valence electrons. The van der Waals surface area contributed by atoms with E-state index in [1.165, 1.54) is 0 Å². The quantitative estimate of drug-likeness (QED) is 0.709. The molecule has 1 N–H and O–H groups in total. The first-order chi connectivity index (χ1) is 6.11. The van der Waals surface area contributed by atoms with Gasteiger partial charge < -0.3 is 14.6 Å². The van der Waals surface area contributed by atoms with Crippen molar-refractivity contribution in [2.24, 2.45) is 17.8 Å². The van der Waals surface area contributed by atoms with Crippen molar-refractivity contribution < 1.29 is 14.6 Å². The normalized spacial score (nSPS) is 46.4. The SMILES string of the molecule is CO[C@@H]1OC(CO)[C@@H](C)[C@H](C)C1C. The summed E-state index contributed by atoms with van der Waals surface area (Å²) in [5, 5.41) is 9.10. The van der Waals surface area contributed by atoms with Crippen molar-refractivity contribution in [2.45, 2.75) is 33.2 Å². The molecule has 1 rings (SSSR count). The van der Waals surface area contributed by atoms with Crippen LogP contribution in [-0.4, -0.2) is 31.2 Å². The molecule has 5 atom stereocenters. The number of aliphatic hydroxyl groups excluding tert-OH is 1. The van der Waals surface area contributed by atoms with E-state index in [0.29, 0.717) is 17.8 Å². The number of aliphatic hydroxyl groups is 1. The monoisotopic (exact) mass is 188 g/mol. The molecule has 1 aliphatic heterocycles. The van der Waals surface area contributed by atoms with E-state index in [9.17, 15) is 0 Å². The summed E-state index contributed by atoms with van der Waals surface area (Å²) in [5.41, 5.74) is 0.